The number of rotatable bonds is 10. The van der Waals surface area contributed by atoms with Crippen LogP contribution in [0.3, 0.4) is 0 Å². The molecule has 0 aliphatic carbocycles. The van der Waals surface area contributed by atoms with Crippen LogP contribution < -0.4 is 11.1 Å². The third-order valence-electron chi connectivity index (χ3n) is 2.93. The van der Waals surface area contributed by atoms with Gasteiger partial charge in [-0.2, -0.15) is 11.8 Å². The van der Waals surface area contributed by atoms with Gasteiger partial charge >= 0.3 is 0 Å². The van der Waals surface area contributed by atoms with Crippen molar-refractivity contribution in [2.75, 3.05) is 25.1 Å². The third kappa shape index (κ3) is 8.32. The summed E-state index contributed by atoms with van der Waals surface area (Å²) in [5, 5.41) is 15.1. The summed E-state index contributed by atoms with van der Waals surface area (Å²) in [4.78, 5) is 0. The molecule has 17 heavy (non-hydrogen) atoms. The Kier molecular flexibility index (Phi) is 9.36. The van der Waals surface area contributed by atoms with Gasteiger partial charge in [0.2, 0.25) is 0 Å². The van der Waals surface area contributed by atoms with E-state index in [1.165, 1.54) is 25.0 Å². The first-order valence-corrected chi connectivity index (χ1v) is 7.61. The molecule has 4 nitrogen and oxygen atoms in total. The maximum Gasteiger partial charge on any atom is 0.144 e. The molecule has 0 fully saturated rings. The van der Waals surface area contributed by atoms with E-state index >= 15 is 0 Å². The predicted molar refractivity (Wildman–Crippen MR) is 76.9 cm³/mol. The van der Waals surface area contributed by atoms with E-state index in [9.17, 15) is 0 Å². The highest BCUT2D eigenvalue weighted by atomic mass is 32.2. The first-order valence-electron chi connectivity index (χ1n) is 6.22. The van der Waals surface area contributed by atoms with Crippen molar-refractivity contribution in [3.63, 3.8) is 0 Å². The summed E-state index contributed by atoms with van der Waals surface area (Å²) in [6.07, 6.45) is 6.85. The van der Waals surface area contributed by atoms with E-state index in [1.807, 2.05) is 25.6 Å². The Morgan fingerprint density at radius 3 is 2.59 bits per heavy atom. The maximum absolute atomic E-state index is 8.63. The van der Waals surface area contributed by atoms with Crippen molar-refractivity contribution in [2.24, 2.45) is 16.3 Å². The molecular formula is C12H27N3OS. The number of thioether (sulfide) groups is 1. The van der Waals surface area contributed by atoms with Crippen LogP contribution in [-0.2, 0) is 0 Å². The van der Waals surface area contributed by atoms with Gasteiger partial charge in [0.05, 0.1) is 0 Å². The van der Waals surface area contributed by atoms with Crippen molar-refractivity contribution >= 4 is 17.6 Å². The Bertz CT molecular complexity index is 220. The second kappa shape index (κ2) is 9.59. The minimum Gasteiger partial charge on any atom is -0.409 e. The van der Waals surface area contributed by atoms with E-state index in [2.05, 4.69) is 16.7 Å². The van der Waals surface area contributed by atoms with Crippen molar-refractivity contribution in [1.82, 2.24) is 5.32 Å². The smallest absolute Gasteiger partial charge is 0.144 e. The fraction of sp³-hybridized carbons (Fsp3) is 0.917. The zero-order chi connectivity index (χ0) is 13.1. The summed E-state index contributed by atoms with van der Waals surface area (Å²) in [6, 6.07) is 0. The standard InChI is InChI=1S/C12H27N3OS/c1-12(2,11(13)15-16)7-9-14-8-5-4-6-10-17-3/h14,16H,4-10H2,1-3H3,(H2,13,15). The van der Waals surface area contributed by atoms with Crippen molar-refractivity contribution in [3.8, 4) is 0 Å². The van der Waals surface area contributed by atoms with E-state index in [1.54, 1.807) is 0 Å². The van der Waals surface area contributed by atoms with Crippen LogP contribution in [0.25, 0.3) is 0 Å². The second-order valence-electron chi connectivity index (χ2n) is 4.92. The van der Waals surface area contributed by atoms with Crippen LogP contribution in [0.4, 0.5) is 0 Å². The lowest BCUT2D eigenvalue weighted by Crippen LogP contribution is -2.35. The number of hydrogen-bond donors (Lipinski definition) is 3. The molecule has 0 unspecified atom stereocenters. The molecule has 0 aliphatic heterocycles. The molecule has 0 bridgehead atoms. The van der Waals surface area contributed by atoms with Gasteiger partial charge in [0.15, 0.2) is 0 Å². The average molecular weight is 261 g/mol. The molecule has 0 spiro atoms. The normalized spacial score (nSPS) is 13.0. The van der Waals surface area contributed by atoms with Crippen molar-refractivity contribution < 1.29 is 5.21 Å². The number of unbranched alkanes of at least 4 members (excludes halogenated alkanes) is 2. The van der Waals surface area contributed by atoms with Gasteiger partial charge in [-0.15, -0.1) is 0 Å². The SMILES string of the molecule is CSCCCCCNCCC(C)(C)C(N)=NO. The number of hydrogen-bond acceptors (Lipinski definition) is 4. The Hall–Kier alpha value is -0.420. The van der Waals surface area contributed by atoms with Gasteiger partial charge in [0.1, 0.15) is 5.84 Å². The van der Waals surface area contributed by atoms with Crippen LogP contribution in [0.1, 0.15) is 39.5 Å². The Morgan fingerprint density at radius 2 is 2.00 bits per heavy atom. The lowest BCUT2D eigenvalue weighted by molar-refractivity contribution is 0.305. The zero-order valence-corrected chi connectivity index (χ0v) is 12.1. The molecule has 102 valence electrons. The van der Waals surface area contributed by atoms with E-state index in [-0.39, 0.29) is 5.41 Å². The van der Waals surface area contributed by atoms with E-state index < -0.39 is 0 Å². The molecule has 0 aromatic carbocycles. The maximum atomic E-state index is 8.63. The lowest BCUT2D eigenvalue weighted by atomic mass is 9.88. The zero-order valence-electron chi connectivity index (χ0n) is 11.3. The highest BCUT2D eigenvalue weighted by molar-refractivity contribution is 7.98. The summed E-state index contributed by atoms with van der Waals surface area (Å²) in [7, 11) is 0. The van der Waals surface area contributed by atoms with E-state index in [0.29, 0.717) is 5.84 Å². The Labute approximate surface area is 109 Å². The Morgan fingerprint density at radius 1 is 1.29 bits per heavy atom. The molecule has 0 amide bonds. The van der Waals surface area contributed by atoms with Crippen LogP contribution in [-0.4, -0.2) is 36.1 Å². The molecule has 0 saturated heterocycles. The van der Waals surface area contributed by atoms with Gasteiger partial charge in [-0.05, 0) is 44.4 Å². The lowest BCUT2D eigenvalue weighted by Gasteiger charge is -2.22. The van der Waals surface area contributed by atoms with Gasteiger partial charge in [-0.25, -0.2) is 0 Å². The second-order valence-corrected chi connectivity index (χ2v) is 5.91. The number of nitrogens with zero attached hydrogens (tertiary/aromatic N) is 1. The van der Waals surface area contributed by atoms with Crippen LogP contribution >= 0.6 is 11.8 Å². The summed E-state index contributed by atoms with van der Waals surface area (Å²) in [6.45, 7) is 5.94. The molecule has 0 heterocycles. The first kappa shape index (κ1) is 16.6. The molecular weight excluding hydrogens is 234 g/mol. The minimum atomic E-state index is -0.236. The topological polar surface area (TPSA) is 70.6 Å². The number of amidine groups is 1. The summed E-state index contributed by atoms with van der Waals surface area (Å²) in [5.41, 5.74) is 5.38. The summed E-state index contributed by atoms with van der Waals surface area (Å²) >= 11 is 1.91. The molecule has 5 heteroatoms. The fourth-order valence-electron chi connectivity index (χ4n) is 1.46. The highest BCUT2D eigenvalue weighted by Gasteiger charge is 2.22. The summed E-state index contributed by atoms with van der Waals surface area (Å²) < 4.78 is 0. The average Bonchev–Trinajstić information content (AvgIpc) is 2.31. The largest absolute Gasteiger partial charge is 0.409 e. The van der Waals surface area contributed by atoms with Gasteiger partial charge in [-0.3, -0.25) is 0 Å². The third-order valence-corrected chi connectivity index (χ3v) is 3.63. The minimum absolute atomic E-state index is 0.236. The molecule has 0 aromatic heterocycles. The molecule has 0 aliphatic rings. The number of oxime groups is 1. The number of nitrogens with one attached hydrogen (secondary N) is 1. The monoisotopic (exact) mass is 261 g/mol. The van der Waals surface area contributed by atoms with E-state index in [0.717, 1.165) is 19.5 Å². The van der Waals surface area contributed by atoms with Gasteiger partial charge in [0.25, 0.3) is 0 Å². The number of nitrogens with two attached hydrogens (primary N) is 1. The first-order chi connectivity index (χ1) is 8.04. The molecule has 4 N–H and O–H groups in total. The molecule has 0 aromatic rings. The molecule has 0 saturated carbocycles. The quantitative estimate of drug-likeness (QED) is 0.185. The van der Waals surface area contributed by atoms with Crippen molar-refractivity contribution in [2.45, 2.75) is 39.5 Å². The van der Waals surface area contributed by atoms with Crippen LogP contribution in [0.2, 0.25) is 0 Å². The fourth-order valence-corrected chi connectivity index (χ4v) is 1.96. The van der Waals surface area contributed by atoms with Gasteiger partial charge < -0.3 is 16.3 Å². The Balaban J connectivity index is 3.45. The molecule has 0 radical (unpaired) electrons. The van der Waals surface area contributed by atoms with Crippen LogP contribution in [0.15, 0.2) is 5.16 Å². The van der Waals surface area contributed by atoms with Gasteiger partial charge in [0, 0.05) is 5.41 Å². The molecule has 0 rings (SSSR count). The van der Waals surface area contributed by atoms with Gasteiger partial charge in [-0.1, -0.05) is 25.4 Å². The molecule has 0 atom stereocenters. The highest BCUT2D eigenvalue weighted by Crippen LogP contribution is 2.19. The van der Waals surface area contributed by atoms with Crippen molar-refractivity contribution in [1.29, 1.82) is 0 Å². The predicted octanol–water partition coefficient (Wildman–Crippen LogP) is 2.27. The summed E-state index contributed by atoms with van der Waals surface area (Å²) in [5.74, 6) is 1.57. The van der Waals surface area contributed by atoms with Crippen LogP contribution in [0.5, 0.6) is 0 Å². The van der Waals surface area contributed by atoms with Crippen LogP contribution in [0, 0.1) is 5.41 Å². The van der Waals surface area contributed by atoms with E-state index in [4.69, 9.17) is 10.9 Å². The van der Waals surface area contributed by atoms with Crippen molar-refractivity contribution in [3.05, 3.63) is 0 Å².